The largest absolute Gasteiger partial charge is 0.449 e. The molecule has 0 aliphatic carbocycles. The van der Waals surface area contributed by atoms with Gasteiger partial charge in [-0.2, -0.15) is 0 Å². The molecule has 1 N–H and O–H groups in total. The lowest BCUT2D eigenvalue weighted by Gasteiger charge is -2.26. The van der Waals surface area contributed by atoms with Gasteiger partial charge in [-0.3, -0.25) is 0 Å². The average molecular weight is 372 g/mol. The Hall–Kier alpha value is -2.50. The van der Waals surface area contributed by atoms with Crippen molar-refractivity contribution in [1.29, 1.82) is 0 Å². The number of nitrogens with zero attached hydrogens (tertiary/aromatic N) is 2. The minimum atomic E-state index is 0. The summed E-state index contributed by atoms with van der Waals surface area (Å²) in [5.74, 6) is 3.48. The van der Waals surface area contributed by atoms with Gasteiger partial charge in [-0.15, -0.1) is 12.4 Å². The molecular formula is C20H22ClN3O2. The number of fused-ring (bicyclic) bond motifs is 4. The van der Waals surface area contributed by atoms with E-state index in [1.54, 1.807) is 0 Å². The normalized spacial score (nSPS) is 13.1. The molecule has 5 nitrogen and oxygen atoms in total. The first-order valence-electron chi connectivity index (χ1n) is 8.40. The second kappa shape index (κ2) is 7.40. The number of hydrogen-bond acceptors (Lipinski definition) is 5. The number of aromatic nitrogens is 1. The monoisotopic (exact) mass is 371 g/mol. The molecule has 26 heavy (non-hydrogen) atoms. The van der Waals surface area contributed by atoms with Crippen LogP contribution in [0.5, 0.6) is 23.0 Å². The number of hydrogen-bond donors (Lipinski definition) is 1. The van der Waals surface area contributed by atoms with Gasteiger partial charge < -0.3 is 19.7 Å². The number of nitrogens with one attached hydrogen (secondary N) is 1. The molecule has 2 heterocycles. The smallest absolute Gasteiger partial charge is 0.212 e. The maximum Gasteiger partial charge on any atom is 0.212 e. The Morgan fingerprint density at radius 1 is 0.962 bits per heavy atom. The summed E-state index contributed by atoms with van der Waals surface area (Å²) in [5, 5.41) is 4.41. The molecule has 0 bridgehead atoms. The van der Waals surface area contributed by atoms with Crippen molar-refractivity contribution in [2.45, 2.75) is 13.0 Å². The molecule has 1 aliphatic heterocycles. The van der Waals surface area contributed by atoms with Gasteiger partial charge in [0.2, 0.25) is 5.75 Å². The van der Waals surface area contributed by atoms with Crippen LogP contribution in [-0.2, 0) is 0 Å². The van der Waals surface area contributed by atoms with Gasteiger partial charge in [-0.1, -0.05) is 24.3 Å². The molecule has 0 amide bonds. The van der Waals surface area contributed by atoms with Crippen molar-refractivity contribution < 1.29 is 9.47 Å². The number of likely N-dealkylation sites (N-methyl/N-ethyl adjacent to an activating group) is 1. The second-order valence-corrected chi connectivity index (χ2v) is 6.59. The van der Waals surface area contributed by atoms with E-state index in [1.165, 1.54) is 0 Å². The number of ether oxygens (including phenoxy) is 2. The third-order valence-electron chi connectivity index (χ3n) is 4.10. The highest BCUT2D eigenvalue weighted by Crippen LogP contribution is 2.51. The SMILES string of the molecule is CC(CN(C)C)Nc1nc2ccccc2c2c1Oc1ccccc1O2.Cl. The zero-order chi connectivity index (χ0) is 17.4. The summed E-state index contributed by atoms with van der Waals surface area (Å²) in [6, 6.07) is 15.9. The second-order valence-electron chi connectivity index (χ2n) is 6.59. The third-order valence-corrected chi connectivity index (χ3v) is 4.10. The number of rotatable bonds is 4. The minimum absolute atomic E-state index is 0. The van der Waals surface area contributed by atoms with E-state index in [-0.39, 0.29) is 18.4 Å². The van der Waals surface area contributed by atoms with E-state index in [4.69, 9.17) is 14.5 Å². The van der Waals surface area contributed by atoms with Crippen molar-refractivity contribution >= 4 is 29.1 Å². The van der Waals surface area contributed by atoms with Crippen molar-refractivity contribution in [2.24, 2.45) is 0 Å². The van der Waals surface area contributed by atoms with Crippen LogP contribution in [0, 0.1) is 0 Å². The molecule has 0 spiro atoms. The number of pyridine rings is 1. The van der Waals surface area contributed by atoms with Crippen molar-refractivity contribution in [3.05, 3.63) is 48.5 Å². The third kappa shape index (κ3) is 3.41. The Bertz CT molecular complexity index is 930. The number of anilines is 1. The lowest BCUT2D eigenvalue weighted by molar-refractivity contribution is 0.361. The molecule has 136 valence electrons. The van der Waals surface area contributed by atoms with E-state index in [1.807, 2.05) is 48.5 Å². The first-order chi connectivity index (χ1) is 12.1. The molecule has 0 fully saturated rings. The fourth-order valence-corrected chi connectivity index (χ4v) is 3.12. The van der Waals surface area contributed by atoms with Gasteiger partial charge in [0.1, 0.15) is 0 Å². The summed E-state index contributed by atoms with van der Waals surface area (Å²) in [6.07, 6.45) is 0. The van der Waals surface area contributed by atoms with Crippen LogP contribution >= 0.6 is 12.4 Å². The zero-order valence-corrected chi connectivity index (χ0v) is 15.8. The summed E-state index contributed by atoms with van der Waals surface area (Å²) in [5.41, 5.74) is 0.879. The molecular weight excluding hydrogens is 350 g/mol. The van der Waals surface area contributed by atoms with E-state index in [0.717, 1.165) is 23.2 Å². The van der Waals surface area contributed by atoms with Gasteiger partial charge in [0.15, 0.2) is 23.1 Å². The van der Waals surface area contributed by atoms with Crippen molar-refractivity contribution in [3.63, 3.8) is 0 Å². The molecule has 1 unspecified atom stereocenters. The molecule has 3 aromatic rings. The Kier molecular flexibility index (Phi) is 5.20. The predicted molar refractivity (Wildman–Crippen MR) is 107 cm³/mol. The minimum Gasteiger partial charge on any atom is -0.449 e. The van der Waals surface area contributed by atoms with Crippen molar-refractivity contribution in [3.8, 4) is 23.0 Å². The summed E-state index contributed by atoms with van der Waals surface area (Å²) >= 11 is 0. The van der Waals surface area contributed by atoms with Crippen LogP contribution in [0.25, 0.3) is 10.9 Å². The molecule has 1 aromatic heterocycles. The topological polar surface area (TPSA) is 46.6 Å². The summed E-state index contributed by atoms with van der Waals surface area (Å²) in [4.78, 5) is 6.91. The molecule has 0 saturated carbocycles. The lowest BCUT2D eigenvalue weighted by atomic mass is 10.1. The van der Waals surface area contributed by atoms with E-state index in [2.05, 4.69) is 31.2 Å². The fraction of sp³-hybridized carbons (Fsp3) is 0.250. The standard InChI is InChI=1S/C20H21N3O2.ClH/c1-13(12-23(2)3)21-20-19-18(14-8-4-5-9-15(14)22-20)24-16-10-6-7-11-17(16)25-19;/h4-11,13H,12H2,1-3H3,(H,21,22);1H. The van der Waals surface area contributed by atoms with Crippen LogP contribution in [0.1, 0.15) is 6.92 Å². The van der Waals surface area contributed by atoms with Gasteiger partial charge in [-0.05, 0) is 45.3 Å². The molecule has 0 saturated heterocycles. The van der Waals surface area contributed by atoms with Gasteiger partial charge in [-0.25, -0.2) is 4.98 Å². The van der Waals surface area contributed by atoms with Gasteiger partial charge in [0.05, 0.1) is 5.52 Å². The van der Waals surface area contributed by atoms with Gasteiger partial charge in [0, 0.05) is 18.0 Å². The molecule has 0 radical (unpaired) electrons. The summed E-state index contributed by atoms with van der Waals surface area (Å²) < 4.78 is 12.3. The highest BCUT2D eigenvalue weighted by Gasteiger charge is 2.26. The molecule has 6 heteroatoms. The van der Waals surface area contributed by atoms with Gasteiger partial charge in [0.25, 0.3) is 0 Å². The summed E-state index contributed by atoms with van der Waals surface area (Å²) in [7, 11) is 4.11. The lowest BCUT2D eigenvalue weighted by Crippen LogP contribution is -2.30. The molecule has 1 aliphatic rings. The first kappa shape index (κ1) is 18.3. The van der Waals surface area contributed by atoms with Crippen LogP contribution in [0.15, 0.2) is 48.5 Å². The highest BCUT2D eigenvalue weighted by molar-refractivity contribution is 5.92. The molecule has 2 aromatic carbocycles. The van der Waals surface area contributed by atoms with Gasteiger partial charge >= 0.3 is 0 Å². The van der Waals surface area contributed by atoms with Crippen molar-refractivity contribution in [1.82, 2.24) is 9.88 Å². The molecule has 1 atom stereocenters. The van der Waals surface area contributed by atoms with Crippen molar-refractivity contribution in [2.75, 3.05) is 26.0 Å². The highest BCUT2D eigenvalue weighted by atomic mass is 35.5. The molecule has 4 rings (SSSR count). The van der Waals surface area contributed by atoms with E-state index >= 15 is 0 Å². The Morgan fingerprint density at radius 3 is 2.27 bits per heavy atom. The van der Waals surface area contributed by atoms with Crippen LogP contribution in [0.3, 0.4) is 0 Å². The van der Waals surface area contributed by atoms with E-state index < -0.39 is 0 Å². The van der Waals surface area contributed by atoms with Crippen LogP contribution in [0.2, 0.25) is 0 Å². The van der Waals surface area contributed by atoms with Crippen LogP contribution < -0.4 is 14.8 Å². The summed E-state index contributed by atoms with van der Waals surface area (Å²) in [6.45, 7) is 3.02. The number of para-hydroxylation sites is 3. The number of benzene rings is 2. The Balaban J connectivity index is 0.00000196. The van der Waals surface area contributed by atoms with E-state index in [9.17, 15) is 0 Å². The predicted octanol–water partition coefficient (Wildman–Crippen LogP) is 4.92. The Labute approximate surface area is 159 Å². The number of halogens is 1. The maximum absolute atomic E-state index is 6.18. The van der Waals surface area contributed by atoms with Crippen LogP contribution in [-0.4, -0.2) is 36.6 Å². The first-order valence-corrected chi connectivity index (χ1v) is 8.40. The average Bonchev–Trinajstić information content (AvgIpc) is 2.60. The Morgan fingerprint density at radius 2 is 1.58 bits per heavy atom. The quantitative estimate of drug-likeness (QED) is 0.552. The fourth-order valence-electron chi connectivity index (χ4n) is 3.12. The zero-order valence-electron chi connectivity index (χ0n) is 15.0. The van der Waals surface area contributed by atoms with E-state index in [0.29, 0.717) is 23.1 Å². The maximum atomic E-state index is 6.18. The van der Waals surface area contributed by atoms with Crippen LogP contribution in [0.4, 0.5) is 5.82 Å².